The quantitative estimate of drug-likeness (QED) is 0.320. The molecule has 1 unspecified atom stereocenters. The first-order valence-electron chi connectivity index (χ1n) is 12.9. The van der Waals surface area contributed by atoms with Gasteiger partial charge in [-0.25, -0.2) is 0 Å². The summed E-state index contributed by atoms with van der Waals surface area (Å²) in [7, 11) is 0. The summed E-state index contributed by atoms with van der Waals surface area (Å²) in [5.74, 6) is -2.50. The first-order valence-corrected chi connectivity index (χ1v) is 12.9. The van der Waals surface area contributed by atoms with Gasteiger partial charge < -0.3 is 9.84 Å². The SMILES string of the molecule is O=C(O)[C@H]1CN2CC[C@@H]1[C@H](OCc1cc(C(F)(F)F)cc(C(F)(F)F)c1)[C@@H]2C(c1ccccc1)c1ccccc1. The summed E-state index contributed by atoms with van der Waals surface area (Å²) < 4.78 is 87.0. The van der Waals surface area contributed by atoms with Crippen molar-refractivity contribution in [1.82, 2.24) is 4.90 Å². The van der Waals surface area contributed by atoms with Crippen molar-refractivity contribution in [2.45, 2.75) is 43.4 Å². The number of aliphatic carboxylic acids is 1. The second kappa shape index (κ2) is 10.9. The van der Waals surface area contributed by atoms with Gasteiger partial charge in [0.2, 0.25) is 0 Å². The fourth-order valence-electron chi connectivity index (χ4n) is 6.21. The second-order valence-corrected chi connectivity index (χ2v) is 10.4. The maximum atomic E-state index is 13.5. The van der Waals surface area contributed by atoms with Crippen molar-refractivity contribution in [2.24, 2.45) is 11.8 Å². The maximum Gasteiger partial charge on any atom is 0.416 e. The lowest BCUT2D eigenvalue weighted by Gasteiger charge is -2.55. The lowest BCUT2D eigenvalue weighted by molar-refractivity contribution is -0.172. The summed E-state index contributed by atoms with van der Waals surface area (Å²) >= 11 is 0. The minimum atomic E-state index is -4.98. The van der Waals surface area contributed by atoms with Crippen molar-refractivity contribution < 1.29 is 41.0 Å². The Labute approximate surface area is 227 Å². The van der Waals surface area contributed by atoms with Crippen LogP contribution in [0.25, 0.3) is 0 Å². The highest BCUT2D eigenvalue weighted by atomic mass is 19.4. The average Bonchev–Trinajstić information content (AvgIpc) is 2.93. The third-order valence-corrected chi connectivity index (χ3v) is 7.94. The molecule has 0 spiro atoms. The zero-order valence-corrected chi connectivity index (χ0v) is 21.2. The summed E-state index contributed by atoms with van der Waals surface area (Å²) in [6.07, 6.45) is -10.2. The van der Waals surface area contributed by atoms with Gasteiger partial charge in [-0.05, 0) is 47.9 Å². The molecule has 212 valence electrons. The van der Waals surface area contributed by atoms with E-state index in [0.29, 0.717) is 25.1 Å². The molecule has 0 aliphatic carbocycles. The molecule has 3 aliphatic heterocycles. The van der Waals surface area contributed by atoms with Crippen molar-refractivity contribution in [2.75, 3.05) is 13.1 Å². The van der Waals surface area contributed by atoms with Crippen LogP contribution in [-0.2, 0) is 28.5 Å². The lowest BCUT2D eigenvalue weighted by atomic mass is 9.68. The molecule has 0 saturated carbocycles. The van der Waals surface area contributed by atoms with Crippen LogP contribution in [0.1, 0.15) is 40.2 Å². The summed E-state index contributed by atoms with van der Waals surface area (Å²) in [5, 5.41) is 9.94. The van der Waals surface area contributed by atoms with Crippen LogP contribution in [0.15, 0.2) is 78.9 Å². The molecule has 3 aromatic carbocycles. The molecular formula is C30H27F6NO3. The van der Waals surface area contributed by atoms with Gasteiger partial charge in [0.05, 0.1) is 29.8 Å². The monoisotopic (exact) mass is 563 g/mol. The number of carboxylic acids is 1. The molecule has 4 nitrogen and oxygen atoms in total. The Hall–Kier alpha value is -3.37. The van der Waals surface area contributed by atoms with Gasteiger partial charge in [-0.15, -0.1) is 0 Å². The Morgan fingerprint density at radius 1 is 0.875 bits per heavy atom. The van der Waals surface area contributed by atoms with Crippen LogP contribution in [0.2, 0.25) is 0 Å². The predicted molar refractivity (Wildman–Crippen MR) is 134 cm³/mol. The molecule has 0 amide bonds. The number of benzene rings is 3. The number of fused-ring (bicyclic) bond motifs is 3. The van der Waals surface area contributed by atoms with Crippen molar-refractivity contribution in [1.29, 1.82) is 0 Å². The van der Waals surface area contributed by atoms with Crippen LogP contribution in [0.4, 0.5) is 26.3 Å². The molecule has 0 radical (unpaired) electrons. The molecule has 3 saturated heterocycles. The van der Waals surface area contributed by atoms with E-state index in [1.165, 1.54) is 0 Å². The van der Waals surface area contributed by atoms with Gasteiger partial charge in [0.1, 0.15) is 0 Å². The van der Waals surface area contributed by atoms with Crippen LogP contribution in [0, 0.1) is 11.8 Å². The number of ether oxygens (including phenoxy) is 1. The number of nitrogens with zero attached hydrogens (tertiary/aromatic N) is 1. The zero-order valence-electron chi connectivity index (χ0n) is 21.2. The third kappa shape index (κ3) is 5.74. The second-order valence-electron chi connectivity index (χ2n) is 10.4. The maximum absolute atomic E-state index is 13.5. The highest BCUT2D eigenvalue weighted by Gasteiger charge is 2.53. The zero-order chi connectivity index (χ0) is 28.7. The molecule has 10 heteroatoms. The Bertz CT molecular complexity index is 1260. The van der Waals surface area contributed by atoms with Gasteiger partial charge in [0.25, 0.3) is 0 Å². The minimum Gasteiger partial charge on any atom is -0.481 e. The first kappa shape index (κ1) is 28.2. The fourth-order valence-corrected chi connectivity index (χ4v) is 6.21. The van der Waals surface area contributed by atoms with Crippen molar-refractivity contribution in [3.05, 3.63) is 107 Å². The molecule has 3 aliphatic rings. The summed E-state index contributed by atoms with van der Waals surface area (Å²) in [4.78, 5) is 14.2. The Morgan fingerprint density at radius 2 is 1.40 bits per heavy atom. The average molecular weight is 564 g/mol. The van der Waals surface area contributed by atoms with Crippen LogP contribution in [-0.4, -0.2) is 41.2 Å². The van der Waals surface area contributed by atoms with Crippen LogP contribution in [0.5, 0.6) is 0 Å². The van der Waals surface area contributed by atoms with E-state index in [0.717, 1.165) is 11.1 Å². The van der Waals surface area contributed by atoms with Crippen LogP contribution in [0.3, 0.4) is 0 Å². The molecule has 2 bridgehead atoms. The lowest BCUT2D eigenvalue weighted by Crippen LogP contribution is -2.65. The Balaban J connectivity index is 1.55. The van der Waals surface area contributed by atoms with Crippen LogP contribution >= 0.6 is 0 Å². The van der Waals surface area contributed by atoms with E-state index in [-0.39, 0.29) is 30.1 Å². The standard InChI is InChI=1S/C30H27F6NO3/c31-29(32,33)21-13-18(14-22(15-21)30(34,35)36)17-40-27-23-11-12-37(16-24(23)28(38)39)26(27)25(19-7-3-1-4-8-19)20-9-5-2-6-10-20/h1-10,13-15,23-27H,11-12,16-17H2,(H,38,39)/t23-,24-,26-,27-/m0/s1. The Kier molecular flexibility index (Phi) is 7.67. The minimum absolute atomic E-state index is 0.0852. The summed E-state index contributed by atoms with van der Waals surface area (Å²) in [6, 6.07) is 20.1. The van der Waals surface area contributed by atoms with E-state index in [1.54, 1.807) is 0 Å². The van der Waals surface area contributed by atoms with Gasteiger partial charge in [-0.2, -0.15) is 26.3 Å². The Morgan fingerprint density at radius 3 is 1.88 bits per heavy atom. The van der Waals surface area contributed by atoms with Gasteiger partial charge >= 0.3 is 18.3 Å². The molecular weight excluding hydrogens is 536 g/mol. The highest BCUT2D eigenvalue weighted by molar-refractivity contribution is 5.71. The molecule has 6 rings (SSSR count). The fraction of sp³-hybridized carbons (Fsp3) is 0.367. The van der Waals surface area contributed by atoms with E-state index < -0.39 is 54.0 Å². The van der Waals surface area contributed by atoms with E-state index in [9.17, 15) is 36.2 Å². The highest BCUT2D eigenvalue weighted by Crippen LogP contribution is 2.46. The van der Waals surface area contributed by atoms with E-state index in [1.807, 2.05) is 65.6 Å². The number of carbonyl (C=O) groups is 1. The number of rotatable bonds is 7. The number of halogens is 6. The van der Waals surface area contributed by atoms with Crippen molar-refractivity contribution in [3.63, 3.8) is 0 Å². The van der Waals surface area contributed by atoms with Crippen molar-refractivity contribution in [3.8, 4) is 0 Å². The molecule has 3 aromatic rings. The summed E-state index contributed by atoms with van der Waals surface area (Å²) in [5.41, 5.74) is -1.21. The number of piperidine rings is 3. The molecule has 1 N–H and O–H groups in total. The van der Waals surface area contributed by atoms with Gasteiger partial charge in [0.15, 0.2) is 0 Å². The molecule has 3 heterocycles. The number of carboxylic acid groups (broad SMARTS) is 1. The summed E-state index contributed by atoms with van der Waals surface area (Å²) in [6.45, 7) is 0.362. The number of hydrogen-bond acceptors (Lipinski definition) is 3. The smallest absolute Gasteiger partial charge is 0.416 e. The largest absolute Gasteiger partial charge is 0.481 e. The molecule has 40 heavy (non-hydrogen) atoms. The third-order valence-electron chi connectivity index (χ3n) is 7.94. The first-order chi connectivity index (χ1) is 18.9. The normalized spacial score (nSPS) is 24.8. The van der Waals surface area contributed by atoms with E-state index in [4.69, 9.17) is 4.74 Å². The van der Waals surface area contributed by atoms with Gasteiger partial charge in [-0.3, -0.25) is 9.69 Å². The van der Waals surface area contributed by atoms with E-state index >= 15 is 0 Å². The van der Waals surface area contributed by atoms with Crippen LogP contribution < -0.4 is 0 Å². The van der Waals surface area contributed by atoms with Gasteiger partial charge in [-0.1, -0.05) is 60.7 Å². The van der Waals surface area contributed by atoms with E-state index in [2.05, 4.69) is 0 Å². The molecule has 0 aromatic heterocycles. The number of alkyl halides is 6. The topological polar surface area (TPSA) is 49.8 Å². The molecule has 3 fully saturated rings. The van der Waals surface area contributed by atoms with Gasteiger partial charge in [0, 0.05) is 24.4 Å². The number of hydrogen-bond donors (Lipinski definition) is 1. The van der Waals surface area contributed by atoms with Crippen molar-refractivity contribution >= 4 is 5.97 Å². The molecule has 5 atom stereocenters. The predicted octanol–water partition coefficient (Wildman–Crippen LogP) is 6.85.